The first kappa shape index (κ1) is 17.8. The minimum absolute atomic E-state index is 0. The van der Waals surface area contributed by atoms with Crippen LogP contribution in [0.1, 0.15) is 12.1 Å². The predicted octanol–water partition coefficient (Wildman–Crippen LogP) is 3.10. The van der Waals surface area contributed by atoms with Gasteiger partial charge in [-0.15, -0.1) is 35.3 Å². The van der Waals surface area contributed by atoms with Crippen molar-refractivity contribution < 1.29 is 9.47 Å². The van der Waals surface area contributed by atoms with Crippen molar-refractivity contribution in [2.24, 2.45) is 10.7 Å². The van der Waals surface area contributed by atoms with Gasteiger partial charge in [-0.1, -0.05) is 0 Å². The van der Waals surface area contributed by atoms with Gasteiger partial charge in [-0.05, 0) is 12.1 Å². The maximum atomic E-state index is 5.96. The molecule has 0 unspecified atom stereocenters. The Hall–Kier alpha value is -2.01. The van der Waals surface area contributed by atoms with Crippen molar-refractivity contribution in [1.29, 1.82) is 0 Å². The van der Waals surface area contributed by atoms with Crippen LogP contribution in [0, 0.1) is 0 Å². The zero-order chi connectivity index (χ0) is 16.4. The van der Waals surface area contributed by atoms with Crippen LogP contribution in [0.4, 0.5) is 5.69 Å². The number of hydrogen-bond donors (Lipinski definition) is 2. The number of guanidine groups is 1. The molecule has 3 N–H and O–H groups in total. The van der Waals surface area contributed by atoms with E-state index < -0.39 is 0 Å². The second-order valence-corrected chi connectivity index (χ2v) is 6.24. The molecule has 0 spiro atoms. The normalized spacial score (nSPS) is 14.0. The first-order valence-corrected chi connectivity index (χ1v) is 8.53. The van der Waals surface area contributed by atoms with Crippen LogP contribution in [-0.4, -0.2) is 28.6 Å². The number of nitrogens with zero attached hydrogens (tertiary/aromatic N) is 3. The number of ether oxygens (including phenoxy) is 2. The van der Waals surface area contributed by atoms with Crippen LogP contribution in [0.25, 0.3) is 4.96 Å². The zero-order valence-corrected chi connectivity index (χ0v) is 16.5. The number of imidazole rings is 1. The Morgan fingerprint density at radius 1 is 1.32 bits per heavy atom. The number of nitrogens with one attached hydrogen (secondary N) is 1. The summed E-state index contributed by atoms with van der Waals surface area (Å²) in [5.41, 5.74) is 7.66. The highest BCUT2D eigenvalue weighted by Gasteiger charge is 2.11. The first-order chi connectivity index (χ1) is 11.8. The average Bonchev–Trinajstić information content (AvgIpc) is 3.07. The van der Waals surface area contributed by atoms with Crippen LogP contribution in [0.2, 0.25) is 0 Å². The van der Waals surface area contributed by atoms with Crippen molar-refractivity contribution in [3.63, 3.8) is 0 Å². The van der Waals surface area contributed by atoms with Gasteiger partial charge in [0.1, 0.15) is 0 Å². The van der Waals surface area contributed by atoms with E-state index >= 15 is 0 Å². The van der Waals surface area contributed by atoms with E-state index in [1.54, 1.807) is 11.3 Å². The molecule has 1 aliphatic heterocycles. The summed E-state index contributed by atoms with van der Waals surface area (Å²) in [4.78, 5) is 9.76. The van der Waals surface area contributed by atoms with Gasteiger partial charge in [0.15, 0.2) is 22.4 Å². The number of fused-ring (bicyclic) bond motifs is 2. The van der Waals surface area contributed by atoms with Gasteiger partial charge < -0.3 is 20.5 Å². The monoisotopic (exact) mass is 471 g/mol. The molecule has 0 radical (unpaired) electrons. The molecule has 0 bridgehead atoms. The molecule has 3 heterocycles. The van der Waals surface area contributed by atoms with Gasteiger partial charge in [-0.2, -0.15) is 0 Å². The first-order valence-electron chi connectivity index (χ1n) is 7.65. The number of nitrogens with two attached hydrogens (primary N) is 1. The maximum absolute atomic E-state index is 5.96. The molecule has 4 rings (SSSR count). The Morgan fingerprint density at radius 2 is 2.16 bits per heavy atom. The van der Waals surface area contributed by atoms with Gasteiger partial charge in [-0.3, -0.25) is 4.40 Å². The standard InChI is InChI=1S/C16H17N5O2S.HI/c17-15(18-9-12-10-21-4-7-24-16(21)20-12)19-11-2-3-13-14(8-11)23-6-1-5-22-13;/h2-4,7-8,10H,1,5-6,9H2,(H3,17,18,19);1H. The molecule has 0 aliphatic carbocycles. The van der Waals surface area contributed by atoms with Gasteiger partial charge in [0.05, 0.1) is 25.5 Å². The fourth-order valence-electron chi connectivity index (χ4n) is 2.45. The third-order valence-electron chi connectivity index (χ3n) is 3.57. The zero-order valence-electron chi connectivity index (χ0n) is 13.3. The van der Waals surface area contributed by atoms with Gasteiger partial charge >= 0.3 is 0 Å². The Labute approximate surface area is 165 Å². The van der Waals surface area contributed by atoms with Crippen molar-refractivity contribution in [3.8, 4) is 11.5 Å². The molecule has 0 saturated heterocycles. The van der Waals surface area contributed by atoms with Crippen LogP contribution in [-0.2, 0) is 6.54 Å². The molecule has 0 fully saturated rings. The largest absolute Gasteiger partial charge is 0.490 e. The molecule has 0 atom stereocenters. The Morgan fingerprint density at radius 3 is 3.00 bits per heavy atom. The topological polar surface area (TPSA) is 86.2 Å². The molecule has 0 saturated carbocycles. The molecule has 9 heteroatoms. The van der Waals surface area contributed by atoms with Crippen LogP contribution in [0.15, 0.2) is 41.0 Å². The molecule has 132 valence electrons. The minimum atomic E-state index is 0. The summed E-state index contributed by atoms with van der Waals surface area (Å²) in [7, 11) is 0. The number of thiazole rings is 1. The van der Waals surface area contributed by atoms with E-state index in [0.29, 0.717) is 25.7 Å². The van der Waals surface area contributed by atoms with E-state index in [4.69, 9.17) is 15.2 Å². The van der Waals surface area contributed by atoms with E-state index in [-0.39, 0.29) is 24.0 Å². The van der Waals surface area contributed by atoms with E-state index in [0.717, 1.165) is 34.3 Å². The molecular formula is C16H18IN5O2S. The third-order valence-corrected chi connectivity index (χ3v) is 4.35. The summed E-state index contributed by atoms with van der Waals surface area (Å²) in [5.74, 6) is 1.81. The molecule has 0 amide bonds. The lowest BCUT2D eigenvalue weighted by Gasteiger charge is -2.10. The Balaban J connectivity index is 0.00000182. The minimum Gasteiger partial charge on any atom is -0.490 e. The van der Waals surface area contributed by atoms with Crippen molar-refractivity contribution in [2.75, 3.05) is 18.5 Å². The van der Waals surface area contributed by atoms with Crippen LogP contribution in [0.5, 0.6) is 11.5 Å². The fraction of sp³-hybridized carbons (Fsp3) is 0.250. The lowest BCUT2D eigenvalue weighted by molar-refractivity contribution is 0.297. The number of hydrogen-bond acceptors (Lipinski definition) is 5. The smallest absolute Gasteiger partial charge is 0.193 e. The second kappa shape index (κ2) is 7.91. The lowest BCUT2D eigenvalue weighted by atomic mass is 10.3. The fourth-order valence-corrected chi connectivity index (χ4v) is 3.17. The lowest BCUT2D eigenvalue weighted by Crippen LogP contribution is -2.22. The Bertz CT molecular complexity index is 863. The summed E-state index contributed by atoms with van der Waals surface area (Å²) in [5, 5.41) is 5.07. The molecule has 1 aromatic carbocycles. The molecule has 2 aromatic heterocycles. The SMILES string of the molecule is I.NC(=NCc1cn2ccsc2n1)Nc1ccc2c(c1)OCCCO2. The highest BCUT2D eigenvalue weighted by molar-refractivity contribution is 14.0. The number of aliphatic imine (C=N–C) groups is 1. The van der Waals surface area contributed by atoms with E-state index in [1.165, 1.54) is 0 Å². The summed E-state index contributed by atoms with van der Waals surface area (Å²) in [6.45, 7) is 1.75. The van der Waals surface area contributed by atoms with Crippen molar-refractivity contribution >= 4 is 51.9 Å². The van der Waals surface area contributed by atoms with Gasteiger partial charge in [0, 0.05) is 35.9 Å². The van der Waals surface area contributed by atoms with Gasteiger partial charge in [0.2, 0.25) is 0 Å². The van der Waals surface area contributed by atoms with E-state index in [1.807, 2.05) is 40.4 Å². The number of benzene rings is 1. The molecule has 7 nitrogen and oxygen atoms in total. The number of anilines is 1. The molecule has 3 aromatic rings. The predicted molar refractivity (Wildman–Crippen MR) is 109 cm³/mol. The van der Waals surface area contributed by atoms with Crippen molar-refractivity contribution in [2.45, 2.75) is 13.0 Å². The maximum Gasteiger partial charge on any atom is 0.193 e. The number of halogens is 1. The Kier molecular flexibility index (Phi) is 5.63. The van der Waals surface area contributed by atoms with E-state index in [9.17, 15) is 0 Å². The van der Waals surface area contributed by atoms with E-state index in [2.05, 4.69) is 15.3 Å². The number of aromatic nitrogens is 2. The third kappa shape index (κ3) is 4.15. The molecule has 1 aliphatic rings. The molecular weight excluding hydrogens is 453 g/mol. The number of rotatable bonds is 3. The van der Waals surface area contributed by atoms with Gasteiger partial charge in [0.25, 0.3) is 0 Å². The summed E-state index contributed by atoms with van der Waals surface area (Å²) >= 11 is 1.59. The second-order valence-electron chi connectivity index (χ2n) is 5.36. The van der Waals surface area contributed by atoms with Gasteiger partial charge in [-0.25, -0.2) is 9.98 Å². The summed E-state index contributed by atoms with van der Waals surface area (Å²) < 4.78 is 13.3. The average molecular weight is 471 g/mol. The van der Waals surface area contributed by atoms with Crippen molar-refractivity contribution in [3.05, 3.63) is 41.7 Å². The highest BCUT2D eigenvalue weighted by Crippen LogP contribution is 2.32. The molecule has 25 heavy (non-hydrogen) atoms. The van der Waals surface area contributed by atoms with Crippen LogP contribution < -0.4 is 20.5 Å². The van der Waals surface area contributed by atoms with Crippen LogP contribution >= 0.6 is 35.3 Å². The highest BCUT2D eigenvalue weighted by atomic mass is 127. The summed E-state index contributed by atoms with van der Waals surface area (Å²) in [6.07, 6.45) is 4.80. The van der Waals surface area contributed by atoms with Crippen molar-refractivity contribution in [1.82, 2.24) is 9.38 Å². The summed E-state index contributed by atoms with van der Waals surface area (Å²) in [6, 6.07) is 5.64. The quantitative estimate of drug-likeness (QED) is 0.349. The van der Waals surface area contributed by atoms with Crippen LogP contribution in [0.3, 0.4) is 0 Å².